The third-order valence-corrected chi connectivity index (χ3v) is 8.30. The molecule has 1 aromatic carbocycles. The van der Waals surface area contributed by atoms with Gasteiger partial charge in [-0.2, -0.15) is 0 Å². The summed E-state index contributed by atoms with van der Waals surface area (Å²) in [6.07, 6.45) is 0.635. The molecule has 2 aliphatic carbocycles. The van der Waals surface area contributed by atoms with Crippen molar-refractivity contribution < 1.29 is 52.6 Å². The number of aliphatic hydroxyl groups is 1. The highest BCUT2D eigenvalue weighted by molar-refractivity contribution is 6.09. The monoisotopic (exact) mass is 556 g/mol. The molecule has 0 bridgehead atoms. The van der Waals surface area contributed by atoms with E-state index in [4.69, 9.17) is 33.2 Å². The molecule has 5 rings (SSSR count). The van der Waals surface area contributed by atoms with Crippen LogP contribution in [0.25, 0.3) is 0 Å². The van der Waals surface area contributed by atoms with Crippen LogP contribution >= 0.6 is 0 Å². The number of fused-ring (bicyclic) bond motifs is 2. The van der Waals surface area contributed by atoms with Crippen LogP contribution in [-0.4, -0.2) is 62.2 Å². The Labute approximate surface area is 231 Å². The minimum atomic E-state index is -1.87. The van der Waals surface area contributed by atoms with Gasteiger partial charge in [0.15, 0.2) is 23.4 Å². The first kappa shape index (κ1) is 27.6. The van der Waals surface area contributed by atoms with Crippen LogP contribution in [0.2, 0.25) is 0 Å². The number of hydrogen-bond acceptors (Lipinski definition) is 11. The Morgan fingerprint density at radius 1 is 1.10 bits per heavy atom. The zero-order valence-electron chi connectivity index (χ0n) is 23.4. The van der Waals surface area contributed by atoms with Crippen molar-refractivity contribution in [2.75, 3.05) is 27.6 Å². The van der Waals surface area contributed by atoms with Crippen molar-refractivity contribution in [3.63, 3.8) is 0 Å². The Hall–Kier alpha value is -3.99. The van der Waals surface area contributed by atoms with Crippen LogP contribution in [0.4, 0.5) is 0 Å². The normalized spacial score (nSPS) is 30.3. The molecule has 11 nitrogen and oxygen atoms in total. The number of benzene rings is 1. The van der Waals surface area contributed by atoms with Gasteiger partial charge < -0.3 is 38.3 Å². The molecule has 0 radical (unpaired) electrons. The molecule has 0 unspecified atom stereocenters. The van der Waals surface area contributed by atoms with Crippen molar-refractivity contribution in [2.24, 2.45) is 5.92 Å². The van der Waals surface area contributed by atoms with Gasteiger partial charge in [-0.3, -0.25) is 9.59 Å². The zero-order chi connectivity index (χ0) is 29.1. The van der Waals surface area contributed by atoms with Crippen molar-refractivity contribution in [3.05, 3.63) is 52.0 Å². The zero-order valence-corrected chi connectivity index (χ0v) is 23.4. The van der Waals surface area contributed by atoms with Crippen molar-refractivity contribution >= 4 is 17.7 Å². The summed E-state index contributed by atoms with van der Waals surface area (Å²) in [7, 11) is 2.72. The molecule has 214 valence electrons. The smallest absolute Gasteiger partial charge is 0.334 e. The summed E-state index contributed by atoms with van der Waals surface area (Å²) in [5.41, 5.74) is -2.25. The van der Waals surface area contributed by atoms with Gasteiger partial charge in [-0.25, -0.2) is 4.79 Å². The molecule has 1 spiro atoms. The molecule has 0 fully saturated rings. The molecule has 0 saturated heterocycles. The average molecular weight is 557 g/mol. The lowest BCUT2D eigenvalue weighted by molar-refractivity contribution is -0.177. The van der Waals surface area contributed by atoms with E-state index < -0.39 is 46.9 Å². The number of Topliss-reactive ketones (excluding diaryl/α,β-unsaturated/α-hetero) is 1. The van der Waals surface area contributed by atoms with Crippen LogP contribution in [0.15, 0.2) is 40.9 Å². The summed E-state index contributed by atoms with van der Waals surface area (Å²) in [4.78, 5) is 40.1. The standard InChI is InChI=1S/C29H32O11/c1-8-13(2)27(32)40-26-17-10-18(34-6)23(35-7)25(31)29(17)11-36-24-20(29)16(9-19-22(24)38-12-37-19)21(39-15(4)30)14(3)28(26,5)33/h8-10,14,21,26,33H,11-12H2,1-7H3/b13-8-/t14-,21+,26-,28-,29-/m0/s1. The SMILES string of the molecule is C/C=C(/C)C(=O)O[C@H]1C2=CC(OC)=C(OC)C(=O)[C@@]23COc2c4c(cc(c23)[C@H](OC(C)=O)[C@H](C)[C@]1(C)O)OCO4. The van der Waals surface area contributed by atoms with Gasteiger partial charge in [0, 0.05) is 29.5 Å². The van der Waals surface area contributed by atoms with Crippen LogP contribution in [0.5, 0.6) is 17.2 Å². The van der Waals surface area contributed by atoms with Crippen LogP contribution in [-0.2, 0) is 38.7 Å². The predicted octanol–water partition coefficient (Wildman–Crippen LogP) is 2.94. The molecular formula is C29H32O11. The van der Waals surface area contributed by atoms with Gasteiger partial charge in [0.1, 0.15) is 23.7 Å². The van der Waals surface area contributed by atoms with E-state index in [1.54, 1.807) is 39.0 Å². The minimum absolute atomic E-state index is 0.0797. The lowest BCUT2D eigenvalue weighted by Crippen LogP contribution is -2.58. The quantitative estimate of drug-likeness (QED) is 0.423. The third-order valence-electron chi connectivity index (χ3n) is 8.30. The van der Waals surface area contributed by atoms with Crippen LogP contribution in [0.1, 0.15) is 51.8 Å². The number of rotatable bonds is 5. The fourth-order valence-corrected chi connectivity index (χ4v) is 5.88. The van der Waals surface area contributed by atoms with E-state index in [2.05, 4.69) is 0 Å². The van der Waals surface area contributed by atoms with Crippen LogP contribution in [0.3, 0.4) is 0 Å². The van der Waals surface area contributed by atoms with Gasteiger partial charge in [-0.1, -0.05) is 13.0 Å². The van der Waals surface area contributed by atoms with Gasteiger partial charge >= 0.3 is 11.9 Å². The summed E-state index contributed by atoms with van der Waals surface area (Å²) >= 11 is 0. The maximum Gasteiger partial charge on any atom is 0.334 e. The number of ketones is 1. The van der Waals surface area contributed by atoms with Gasteiger partial charge in [0.25, 0.3) is 0 Å². The predicted molar refractivity (Wildman–Crippen MR) is 137 cm³/mol. The number of ether oxygens (including phenoxy) is 7. The lowest BCUT2D eigenvalue weighted by atomic mass is 9.59. The minimum Gasteiger partial charge on any atom is -0.493 e. The summed E-state index contributed by atoms with van der Waals surface area (Å²) in [6, 6.07) is 1.64. The van der Waals surface area contributed by atoms with E-state index >= 15 is 0 Å². The van der Waals surface area contributed by atoms with Crippen molar-refractivity contribution in [1.82, 2.24) is 0 Å². The molecule has 5 atom stereocenters. The van der Waals surface area contributed by atoms with Crippen molar-refractivity contribution in [1.29, 1.82) is 0 Å². The topological polar surface area (TPSA) is 136 Å². The molecule has 2 heterocycles. The Morgan fingerprint density at radius 2 is 1.82 bits per heavy atom. The fraction of sp³-hybridized carbons (Fsp3) is 0.483. The highest BCUT2D eigenvalue weighted by atomic mass is 16.7. The number of carbonyl (C=O) groups is 3. The molecular weight excluding hydrogens is 524 g/mol. The molecule has 4 aliphatic rings. The van der Waals surface area contributed by atoms with Crippen LogP contribution in [0, 0.1) is 5.92 Å². The second kappa shape index (κ2) is 9.58. The second-order valence-corrected chi connectivity index (χ2v) is 10.4. The first-order valence-electron chi connectivity index (χ1n) is 12.9. The third kappa shape index (κ3) is 3.71. The van der Waals surface area contributed by atoms with E-state index in [1.807, 2.05) is 0 Å². The number of allylic oxidation sites excluding steroid dienone is 3. The molecule has 40 heavy (non-hydrogen) atoms. The molecule has 1 N–H and O–H groups in total. The fourth-order valence-electron chi connectivity index (χ4n) is 5.88. The lowest BCUT2D eigenvalue weighted by Gasteiger charge is -2.48. The van der Waals surface area contributed by atoms with Gasteiger partial charge in [-0.05, 0) is 38.5 Å². The summed E-state index contributed by atoms with van der Waals surface area (Å²) < 4.78 is 40.4. The number of carbonyl (C=O) groups excluding carboxylic acids is 3. The number of hydrogen-bond donors (Lipinski definition) is 1. The Bertz CT molecular complexity index is 1400. The average Bonchev–Trinajstić information content (AvgIpc) is 3.55. The molecule has 0 amide bonds. The first-order valence-corrected chi connectivity index (χ1v) is 12.9. The maximum absolute atomic E-state index is 14.5. The molecule has 0 saturated carbocycles. The van der Waals surface area contributed by atoms with Gasteiger partial charge in [0.05, 0.1) is 14.2 Å². The Kier molecular flexibility index (Phi) is 6.60. The van der Waals surface area contributed by atoms with Crippen LogP contribution < -0.4 is 14.2 Å². The number of esters is 2. The summed E-state index contributed by atoms with van der Waals surface area (Å²) in [5, 5.41) is 12.2. The van der Waals surface area contributed by atoms with E-state index in [1.165, 1.54) is 28.1 Å². The molecule has 2 aliphatic heterocycles. The summed E-state index contributed by atoms with van der Waals surface area (Å²) in [6.45, 7) is 7.35. The number of methoxy groups -OCH3 is 2. The van der Waals surface area contributed by atoms with Gasteiger partial charge in [0.2, 0.25) is 24.1 Å². The Balaban J connectivity index is 1.90. The van der Waals surface area contributed by atoms with E-state index in [9.17, 15) is 19.5 Å². The maximum atomic E-state index is 14.5. The molecule has 0 aromatic heterocycles. The van der Waals surface area contributed by atoms with Crippen molar-refractivity contribution in [3.8, 4) is 17.2 Å². The van der Waals surface area contributed by atoms with E-state index in [0.717, 1.165) is 0 Å². The van der Waals surface area contributed by atoms with E-state index in [-0.39, 0.29) is 36.2 Å². The first-order chi connectivity index (χ1) is 18.9. The molecule has 11 heteroatoms. The second-order valence-electron chi connectivity index (χ2n) is 10.4. The largest absolute Gasteiger partial charge is 0.493 e. The Morgan fingerprint density at radius 3 is 2.45 bits per heavy atom. The highest BCUT2D eigenvalue weighted by Crippen LogP contribution is 2.62. The van der Waals surface area contributed by atoms with Crippen molar-refractivity contribution in [2.45, 2.75) is 57.8 Å². The summed E-state index contributed by atoms with van der Waals surface area (Å²) in [5.74, 6) is -1.84. The molecule has 1 aromatic rings. The van der Waals surface area contributed by atoms with E-state index in [0.29, 0.717) is 28.2 Å². The highest BCUT2D eigenvalue weighted by Gasteiger charge is 2.64. The van der Waals surface area contributed by atoms with Gasteiger partial charge in [-0.15, -0.1) is 0 Å².